The van der Waals surface area contributed by atoms with Gasteiger partial charge in [-0.05, 0) is 55.3 Å². The van der Waals surface area contributed by atoms with E-state index in [0.29, 0.717) is 6.04 Å². The van der Waals surface area contributed by atoms with Gasteiger partial charge in [0.1, 0.15) is 0 Å². The molecule has 3 nitrogen and oxygen atoms in total. The molecule has 96 valence electrons. The van der Waals surface area contributed by atoms with Gasteiger partial charge < -0.3 is 5.32 Å². The molecule has 1 aliphatic carbocycles. The van der Waals surface area contributed by atoms with Gasteiger partial charge in [0.2, 0.25) is 0 Å². The molecule has 1 aliphatic rings. The van der Waals surface area contributed by atoms with E-state index in [-0.39, 0.29) is 0 Å². The van der Waals surface area contributed by atoms with Crippen molar-refractivity contribution in [1.82, 2.24) is 15.1 Å². The van der Waals surface area contributed by atoms with Gasteiger partial charge in [0, 0.05) is 29.9 Å². The zero-order valence-corrected chi connectivity index (χ0v) is 11.3. The van der Waals surface area contributed by atoms with E-state index in [1.165, 1.54) is 19.3 Å². The summed E-state index contributed by atoms with van der Waals surface area (Å²) in [6.07, 6.45) is 8.88. The molecule has 1 N–H and O–H groups in total. The highest BCUT2D eigenvalue weighted by molar-refractivity contribution is 7.10. The molecule has 18 heavy (non-hydrogen) atoms. The van der Waals surface area contributed by atoms with Crippen LogP contribution in [0.1, 0.15) is 35.7 Å². The van der Waals surface area contributed by atoms with Gasteiger partial charge in [0.05, 0.1) is 0 Å². The SMILES string of the molecule is c1cnn(CCCNC2CCCc3sccc32)c1. The Balaban J connectivity index is 1.47. The fraction of sp³-hybridized carbons (Fsp3) is 0.500. The summed E-state index contributed by atoms with van der Waals surface area (Å²) in [5, 5.41) is 10.1. The van der Waals surface area contributed by atoms with Crippen molar-refractivity contribution in [3.63, 3.8) is 0 Å². The minimum Gasteiger partial charge on any atom is -0.310 e. The summed E-state index contributed by atoms with van der Waals surface area (Å²) in [5.41, 5.74) is 1.55. The molecule has 0 aromatic carbocycles. The predicted octanol–water partition coefficient (Wildman–Crippen LogP) is 3.00. The molecule has 0 saturated carbocycles. The fourth-order valence-corrected chi connectivity index (χ4v) is 3.64. The van der Waals surface area contributed by atoms with E-state index in [9.17, 15) is 0 Å². The van der Waals surface area contributed by atoms with Crippen molar-refractivity contribution in [2.24, 2.45) is 0 Å². The van der Waals surface area contributed by atoms with Crippen molar-refractivity contribution in [2.75, 3.05) is 6.54 Å². The maximum Gasteiger partial charge on any atom is 0.0489 e. The second-order valence-electron chi connectivity index (χ2n) is 4.82. The van der Waals surface area contributed by atoms with Crippen molar-refractivity contribution >= 4 is 11.3 Å². The standard InChI is InChI=1S/C14H19N3S/c1-4-13(12-6-11-18-14(12)5-1)15-7-2-9-17-10-3-8-16-17/h3,6,8,10-11,13,15H,1-2,4-5,7,9H2. The maximum absolute atomic E-state index is 4.22. The average Bonchev–Trinajstić information content (AvgIpc) is 3.05. The van der Waals surface area contributed by atoms with Crippen LogP contribution < -0.4 is 5.32 Å². The van der Waals surface area contributed by atoms with Gasteiger partial charge in [-0.3, -0.25) is 4.68 Å². The van der Waals surface area contributed by atoms with Gasteiger partial charge in [-0.1, -0.05) is 0 Å². The van der Waals surface area contributed by atoms with E-state index in [2.05, 4.69) is 21.9 Å². The van der Waals surface area contributed by atoms with Crippen LogP contribution in [-0.4, -0.2) is 16.3 Å². The smallest absolute Gasteiger partial charge is 0.0489 e. The predicted molar refractivity (Wildman–Crippen MR) is 74.8 cm³/mol. The number of aromatic nitrogens is 2. The Morgan fingerprint density at radius 3 is 3.39 bits per heavy atom. The number of hydrogen-bond donors (Lipinski definition) is 1. The number of aryl methyl sites for hydroxylation is 2. The molecule has 0 spiro atoms. The number of thiophene rings is 1. The molecule has 1 unspecified atom stereocenters. The van der Waals surface area contributed by atoms with Crippen molar-refractivity contribution in [1.29, 1.82) is 0 Å². The van der Waals surface area contributed by atoms with E-state index < -0.39 is 0 Å². The van der Waals surface area contributed by atoms with Crippen LogP contribution in [0.4, 0.5) is 0 Å². The van der Waals surface area contributed by atoms with Gasteiger partial charge >= 0.3 is 0 Å². The molecular weight excluding hydrogens is 242 g/mol. The summed E-state index contributed by atoms with van der Waals surface area (Å²) < 4.78 is 2.00. The summed E-state index contributed by atoms with van der Waals surface area (Å²) in [7, 11) is 0. The Kier molecular flexibility index (Phi) is 3.76. The average molecular weight is 261 g/mol. The quantitative estimate of drug-likeness (QED) is 0.839. The van der Waals surface area contributed by atoms with Crippen LogP contribution in [0.5, 0.6) is 0 Å². The topological polar surface area (TPSA) is 29.9 Å². The Bertz CT molecular complexity index is 475. The molecular formula is C14H19N3S. The van der Waals surface area contributed by atoms with Crippen LogP contribution in [0.15, 0.2) is 29.9 Å². The Morgan fingerprint density at radius 1 is 1.50 bits per heavy atom. The summed E-state index contributed by atoms with van der Waals surface area (Å²) in [4.78, 5) is 1.59. The van der Waals surface area contributed by atoms with Crippen LogP contribution in [0, 0.1) is 0 Å². The lowest BCUT2D eigenvalue weighted by molar-refractivity contribution is 0.443. The third-order valence-electron chi connectivity index (χ3n) is 3.57. The molecule has 0 radical (unpaired) electrons. The molecule has 0 aliphatic heterocycles. The Hall–Kier alpha value is -1.13. The third kappa shape index (κ3) is 2.65. The first-order chi connectivity index (χ1) is 8.93. The number of fused-ring (bicyclic) bond motifs is 1. The van der Waals surface area contributed by atoms with Crippen molar-refractivity contribution in [2.45, 2.75) is 38.3 Å². The van der Waals surface area contributed by atoms with E-state index in [4.69, 9.17) is 0 Å². The summed E-state index contributed by atoms with van der Waals surface area (Å²) in [6, 6.07) is 4.86. The van der Waals surface area contributed by atoms with Gasteiger partial charge in [0.15, 0.2) is 0 Å². The van der Waals surface area contributed by atoms with Crippen LogP contribution in [0.25, 0.3) is 0 Å². The molecule has 2 aromatic rings. The van der Waals surface area contributed by atoms with E-state index in [1.54, 1.807) is 10.4 Å². The molecule has 1 atom stereocenters. The van der Waals surface area contributed by atoms with Crippen LogP contribution >= 0.6 is 11.3 Å². The van der Waals surface area contributed by atoms with Gasteiger partial charge in [-0.15, -0.1) is 11.3 Å². The number of nitrogens with zero attached hydrogens (tertiary/aromatic N) is 2. The van der Waals surface area contributed by atoms with Crippen molar-refractivity contribution in [3.8, 4) is 0 Å². The molecule has 0 fully saturated rings. The normalized spacial score (nSPS) is 18.8. The minimum atomic E-state index is 0.581. The number of nitrogens with one attached hydrogen (secondary N) is 1. The van der Waals surface area contributed by atoms with Crippen LogP contribution in [0.2, 0.25) is 0 Å². The molecule has 4 heteroatoms. The number of hydrogen-bond acceptors (Lipinski definition) is 3. The lowest BCUT2D eigenvalue weighted by Gasteiger charge is -2.23. The highest BCUT2D eigenvalue weighted by atomic mass is 32.1. The number of rotatable bonds is 5. The molecule has 2 heterocycles. The largest absolute Gasteiger partial charge is 0.310 e. The highest BCUT2D eigenvalue weighted by Crippen LogP contribution is 2.33. The lowest BCUT2D eigenvalue weighted by atomic mass is 9.94. The van der Waals surface area contributed by atoms with Crippen molar-refractivity contribution in [3.05, 3.63) is 40.3 Å². The zero-order valence-electron chi connectivity index (χ0n) is 10.5. The van der Waals surface area contributed by atoms with Gasteiger partial charge in [-0.25, -0.2) is 0 Å². The molecule has 0 amide bonds. The highest BCUT2D eigenvalue weighted by Gasteiger charge is 2.20. The second kappa shape index (κ2) is 5.67. The van der Waals surface area contributed by atoms with Gasteiger partial charge in [-0.2, -0.15) is 5.10 Å². The third-order valence-corrected chi connectivity index (χ3v) is 4.56. The Morgan fingerprint density at radius 2 is 2.50 bits per heavy atom. The van der Waals surface area contributed by atoms with E-state index in [1.807, 2.05) is 34.5 Å². The van der Waals surface area contributed by atoms with E-state index in [0.717, 1.165) is 19.5 Å². The second-order valence-corrected chi connectivity index (χ2v) is 5.82. The lowest BCUT2D eigenvalue weighted by Crippen LogP contribution is -2.25. The monoisotopic (exact) mass is 261 g/mol. The van der Waals surface area contributed by atoms with Crippen LogP contribution in [0.3, 0.4) is 0 Å². The molecule has 0 bridgehead atoms. The summed E-state index contributed by atoms with van der Waals surface area (Å²) >= 11 is 1.91. The zero-order chi connectivity index (χ0) is 12.2. The summed E-state index contributed by atoms with van der Waals surface area (Å²) in [5.74, 6) is 0. The molecule has 0 saturated heterocycles. The first kappa shape index (κ1) is 11.9. The first-order valence-electron chi connectivity index (χ1n) is 6.70. The minimum absolute atomic E-state index is 0.581. The van der Waals surface area contributed by atoms with Crippen molar-refractivity contribution < 1.29 is 0 Å². The van der Waals surface area contributed by atoms with E-state index >= 15 is 0 Å². The first-order valence-corrected chi connectivity index (χ1v) is 7.58. The summed E-state index contributed by atoms with van der Waals surface area (Å²) in [6.45, 7) is 2.07. The molecule has 2 aromatic heterocycles. The fourth-order valence-electron chi connectivity index (χ4n) is 2.65. The molecule has 3 rings (SSSR count). The van der Waals surface area contributed by atoms with Crippen LogP contribution in [-0.2, 0) is 13.0 Å². The maximum atomic E-state index is 4.22. The Labute approximate surface area is 112 Å². The van der Waals surface area contributed by atoms with Gasteiger partial charge in [0.25, 0.3) is 0 Å².